The van der Waals surface area contributed by atoms with E-state index < -0.39 is 0 Å². The zero-order valence-electron chi connectivity index (χ0n) is 11.8. The molecule has 1 aliphatic heterocycles. The van der Waals surface area contributed by atoms with Gasteiger partial charge in [0.05, 0.1) is 16.8 Å². The monoisotopic (exact) mass is 314 g/mol. The van der Waals surface area contributed by atoms with Gasteiger partial charge in [0.25, 0.3) is 0 Å². The predicted octanol–water partition coefficient (Wildman–Crippen LogP) is 4.05. The number of rotatable bonds is 3. The van der Waals surface area contributed by atoms with Crippen molar-refractivity contribution < 1.29 is 4.79 Å². The molecular formula is C15H20Cl2N2O. The number of carbonyl (C=O) groups excluding carboxylic acids is 1. The van der Waals surface area contributed by atoms with Crippen LogP contribution < -0.4 is 5.32 Å². The van der Waals surface area contributed by atoms with Gasteiger partial charge in [-0.05, 0) is 57.0 Å². The molecule has 0 saturated carbocycles. The first-order valence-electron chi connectivity index (χ1n) is 6.97. The van der Waals surface area contributed by atoms with E-state index in [9.17, 15) is 4.79 Å². The molecule has 110 valence electrons. The van der Waals surface area contributed by atoms with Crippen molar-refractivity contribution in [1.82, 2.24) is 4.90 Å². The summed E-state index contributed by atoms with van der Waals surface area (Å²) in [7, 11) is 0. The number of benzene rings is 1. The number of nitrogens with zero attached hydrogens (tertiary/aromatic N) is 1. The zero-order chi connectivity index (χ0) is 14.7. The molecular weight excluding hydrogens is 295 g/mol. The van der Waals surface area contributed by atoms with E-state index in [1.807, 2.05) is 6.92 Å². The molecule has 0 radical (unpaired) electrons. The first-order valence-corrected chi connectivity index (χ1v) is 7.73. The maximum Gasteiger partial charge on any atom is 0.241 e. The molecule has 0 aliphatic carbocycles. The summed E-state index contributed by atoms with van der Waals surface area (Å²) in [5.41, 5.74) is 0.610. The Morgan fingerprint density at radius 2 is 2.00 bits per heavy atom. The lowest BCUT2D eigenvalue weighted by Crippen LogP contribution is -2.45. The molecule has 20 heavy (non-hydrogen) atoms. The number of anilines is 1. The lowest BCUT2D eigenvalue weighted by Gasteiger charge is -2.34. The number of amides is 1. The number of carbonyl (C=O) groups is 1. The number of hydrogen-bond acceptors (Lipinski definition) is 2. The Balaban J connectivity index is 1.97. The van der Waals surface area contributed by atoms with Crippen LogP contribution in [0.5, 0.6) is 0 Å². The highest BCUT2D eigenvalue weighted by Gasteiger charge is 2.25. The van der Waals surface area contributed by atoms with Crippen molar-refractivity contribution >= 4 is 34.8 Å². The summed E-state index contributed by atoms with van der Waals surface area (Å²) < 4.78 is 0. The summed E-state index contributed by atoms with van der Waals surface area (Å²) in [5.74, 6) is 0.732. The minimum absolute atomic E-state index is 0.0243. The average molecular weight is 315 g/mol. The fourth-order valence-electron chi connectivity index (χ4n) is 2.41. The minimum Gasteiger partial charge on any atom is -0.323 e. The van der Waals surface area contributed by atoms with Crippen molar-refractivity contribution in [2.45, 2.75) is 32.7 Å². The van der Waals surface area contributed by atoms with Crippen LogP contribution >= 0.6 is 23.2 Å². The van der Waals surface area contributed by atoms with E-state index in [1.54, 1.807) is 18.2 Å². The van der Waals surface area contributed by atoms with Crippen LogP contribution in [0.3, 0.4) is 0 Å². The molecule has 1 fully saturated rings. The van der Waals surface area contributed by atoms with E-state index in [-0.39, 0.29) is 11.9 Å². The highest BCUT2D eigenvalue weighted by atomic mass is 35.5. The summed E-state index contributed by atoms with van der Waals surface area (Å²) in [6.45, 7) is 6.15. The maximum atomic E-state index is 12.3. The number of hydrogen-bond donors (Lipinski definition) is 1. The fourth-order valence-corrected chi connectivity index (χ4v) is 2.87. The first kappa shape index (κ1) is 15.6. The van der Waals surface area contributed by atoms with Crippen LogP contribution in [0.25, 0.3) is 0 Å². The van der Waals surface area contributed by atoms with Gasteiger partial charge in [-0.15, -0.1) is 0 Å². The van der Waals surface area contributed by atoms with E-state index in [4.69, 9.17) is 23.2 Å². The van der Waals surface area contributed by atoms with E-state index in [2.05, 4.69) is 17.1 Å². The molecule has 1 saturated heterocycles. The Kier molecular flexibility index (Phi) is 5.30. The van der Waals surface area contributed by atoms with Gasteiger partial charge in [-0.2, -0.15) is 0 Å². The Bertz CT molecular complexity index is 485. The third kappa shape index (κ3) is 3.87. The van der Waals surface area contributed by atoms with Crippen molar-refractivity contribution in [2.24, 2.45) is 5.92 Å². The number of nitrogens with one attached hydrogen (secondary N) is 1. The largest absolute Gasteiger partial charge is 0.323 e. The Morgan fingerprint density at radius 3 is 2.60 bits per heavy atom. The molecule has 5 heteroatoms. The number of halogens is 2. The van der Waals surface area contributed by atoms with Gasteiger partial charge in [-0.3, -0.25) is 9.69 Å². The molecule has 1 aliphatic rings. The zero-order valence-corrected chi connectivity index (χ0v) is 13.3. The van der Waals surface area contributed by atoms with Crippen molar-refractivity contribution in [2.75, 3.05) is 18.4 Å². The molecule has 3 nitrogen and oxygen atoms in total. The molecule has 1 amide bonds. The van der Waals surface area contributed by atoms with Gasteiger partial charge >= 0.3 is 0 Å². The summed E-state index contributed by atoms with van der Waals surface area (Å²) in [6, 6.07) is 4.93. The molecule has 0 spiro atoms. The standard InChI is InChI=1S/C15H20Cl2N2O/c1-10-5-7-19(8-6-10)11(2)15(20)18-14-4-3-12(16)9-13(14)17/h3-4,9-11H,5-8H2,1-2H3,(H,18,20). The number of likely N-dealkylation sites (tertiary alicyclic amines) is 1. The SMILES string of the molecule is CC1CCN(C(C)C(=O)Nc2ccc(Cl)cc2Cl)CC1. The van der Waals surface area contributed by atoms with Gasteiger partial charge in [0, 0.05) is 5.02 Å². The van der Waals surface area contributed by atoms with Crippen LogP contribution in [-0.2, 0) is 4.79 Å². The predicted molar refractivity (Wildman–Crippen MR) is 84.5 cm³/mol. The molecule has 1 atom stereocenters. The van der Waals surface area contributed by atoms with Crippen LogP contribution in [0.1, 0.15) is 26.7 Å². The van der Waals surface area contributed by atoms with Gasteiger partial charge in [0.1, 0.15) is 0 Å². The van der Waals surface area contributed by atoms with E-state index in [0.717, 1.165) is 31.8 Å². The molecule has 0 aromatic heterocycles. The normalized spacial score (nSPS) is 18.8. The lowest BCUT2D eigenvalue weighted by molar-refractivity contribution is -0.121. The second-order valence-corrected chi connectivity index (χ2v) is 6.35. The van der Waals surface area contributed by atoms with Crippen molar-refractivity contribution in [1.29, 1.82) is 0 Å². The van der Waals surface area contributed by atoms with E-state index in [0.29, 0.717) is 15.7 Å². The quantitative estimate of drug-likeness (QED) is 0.912. The van der Waals surface area contributed by atoms with Crippen molar-refractivity contribution in [3.8, 4) is 0 Å². The van der Waals surface area contributed by atoms with Crippen LogP contribution in [-0.4, -0.2) is 29.9 Å². The average Bonchev–Trinajstić information content (AvgIpc) is 2.42. The molecule has 2 rings (SSSR count). The Hall–Kier alpha value is -0.770. The summed E-state index contributed by atoms with van der Waals surface area (Å²) in [6.07, 6.45) is 2.30. The van der Waals surface area contributed by atoms with Crippen molar-refractivity contribution in [3.63, 3.8) is 0 Å². The topological polar surface area (TPSA) is 32.3 Å². The highest BCUT2D eigenvalue weighted by molar-refractivity contribution is 6.36. The summed E-state index contributed by atoms with van der Waals surface area (Å²) in [5, 5.41) is 3.90. The van der Waals surface area contributed by atoms with Gasteiger partial charge in [0.15, 0.2) is 0 Å². The van der Waals surface area contributed by atoms with Gasteiger partial charge in [-0.1, -0.05) is 30.1 Å². The van der Waals surface area contributed by atoms with Crippen LogP contribution in [0, 0.1) is 5.92 Å². The van der Waals surface area contributed by atoms with E-state index in [1.165, 1.54) is 0 Å². The maximum absolute atomic E-state index is 12.3. The second-order valence-electron chi connectivity index (χ2n) is 5.51. The van der Waals surface area contributed by atoms with Crippen LogP contribution in [0.4, 0.5) is 5.69 Å². The van der Waals surface area contributed by atoms with Crippen LogP contribution in [0.2, 0.25) is 10.0 Å². The van der Waals surface area contributed by atoms with Crippen molar-refractivity contribution in [3.05, 3.63) is 28.2 Å². The summed E-state index contributed by atoms with van der Waals surface area (Å²) in [4.78, 5) is 14.5. The molecule has 1 N–H and O–H groups in total. The smallest absolute Gasteiger partial charge is 0.241 e. The lowest BCUT2D eigenvalue weighted by atomic mass is 9.98. The van der Waals surface area contributed by atoms with Crippen LogP contribution in [0.15, 0.2) is 18.2 Å². The second kappa shape index (κ2) is 6.79. The number of piperidine rings is 1. The third-order valence-electron chi connectivity index (χ3n) is 3.93. The highest BCUT2D eigenvalue weighted by Crippen LogP contribution is 2.26. The van der Waals surface area contributed by atoms with Gasteiger partial charge in [0.2, 0.25) is 5.91 Å². The molecule has 0 bridgehead atoms. The Morgan fingerprint density at radius 1 is 1.35 bits per heavy atom. The molecule has 1 unspecified atom stereocenters. The molecule has 1 aromatic carbocycles. The molecule has 1 aromatic rings. The summed E-state index contributed by atoms with van der Waals surface area (Å²) >= 11 is 11.9. The minimum atomic E-state index is -0.144. The van der Waals surface area contributed by atoms with Gasteiger partial charge in [-0.25, -0.2) is 0 Å². The van der Waals surface area contributed by atoms with E-state index >= 15 is 0 Å². The Labute approximate surface area is 130 Å². The first-order chi connectivity index (χ1) is 9.47. The third-order valence-corrected chi connectivity index (χ3v) is 4.48. The molecule has 1 heterocycles. The fraction of sp³-hybridized carbons (Fsp3) is 0.533. The van der Waals surface area contributed by atoms with Gasteiger partial charge < -0.3 is 5.32 Å².